The summed E-state index contributed by atoms with van der Waals surface area (Å²) in [4.78, 5) is 12.5. The van der Waals surface area contributed by atoms with Gasteiger partial charge in [0.25, 0.3) is 5.69 Å². The second kappa shape index (κ2) is 6.13. The summed E-state index contributed by atoms with van der Waals surface area (Å²) in [6.07, 6.45) is 3.36. The molecule has 0 fully saturated rings. The molecule has 108 valence electrons. The summed E-state index contributed by atoms with van der Waals surface area (Å²) in [5, 5.41) is 15.2. The third-order valence-electron chi connectivity index (χ3n) is 3.13. The molecule has 0 N–H and O–H groups in total. The van der Waals surface area contributed by atoms with Crippen molar-refractivity contribution in [2.75, 3.05) is 19.0 Å². The molecule has 0 aliphatic rings. The molecule has 1 heterocycles. The van der Waals surface area contributed by atoms with Gasteiger partial charge >= 0.3 is 5.69 Å². The van der Waals surface area contributed by atoms with E-state index in [1.54, 1.807) is 25.4 Å². The first-order valence-corrected chi connectivity index (χ1v) is 6.46. The monoisotopic (exact) mass is 285 g/mol. The Kier molecular flexibility index (Phi) is 4.27. The topological polar surface area (TPSA) is 62.6 Å². The zero-order chi connectivity index (χ0) is 15.4. The number of benzene rings is 1. The smallest absolute Gasteiger partial charge is 0.338 e. The highest BCUT2D eigenvalue weighted by atomic mass is 16.6. The molecule has 0 aliphatic heterocycles. The molecular formula is C15H17N4O2+. The molecule has 0 unspecified atom stereocenters. The van der Waals surface area contributed by atoms with Crippen molar-refractivity contribution in [1.29, 1.82) is 0 Å². The van der Waals surface area contributed by atoms with E-state index in [9.17, 15) is 10.1 Å². The second-order valence-electron chi connectivity index (χ2n) is 4.81. The Labute approximate surface area is 123 Å². The fraction of sp³-hybridized carbons (Fsp3) is 0.200. The minimum Gasteiger partial charge on any atom is -0.378 e. The number of hydrogen-bond acceptors (Lipinski definition) is 4. The lowest BCUT2D eigenvalue weighted by Crippen LogP contribution is -2.31. The maximum atomic E-state index is 10.9. The number of nitrogens with zero attached hydrogens (tertiary/aromatic N) is 4. The van der Waals surface area contributed by atoms with Crippen LogP contribution in [0.1, 0.15) is 11.3 Å². The molecule has 2 rings (SSSR count). The predicted molar refractivity (Wildman–Crippen MR) is 81.8 cm³/mol. The lowest BCUT2D eigenvalue weighted by atomic mass is 10.2. The Bertz CT molecular complexity index is 679. The van der Waals surface area contributed by atoms with Crippen LogP contribution in [-0.2, 0) is 0 Å². The number of anilines is 1. The highest BCUT2D eigenvalue weighted by molar-refractivity contribution is 5.79. The average molecular weight is 285 g/mol. The van der Waals surface area contributed by atoms with Crippen molar-refractivity contribution in [3.05, 3.63) is 64.0 Å². The van der Waals surface area contributed by atoms with Gasteiger partial charge in [0.2, 0.25) is 6.20 Å². The van der Waals surface area contributed by atoms with Gasteiger partial charge in [-0.3, -0.25) is 10.1 Å². The molecular weight excluding hydrogens is 268 g/mol. The maximum Gasteiger partial charge on any atom is 0.338 e. The lowest BCUT2D eigenvalue weighted by molar-refractivity contribution is -0.687. The third-order valence-corrected chi connectivity index (χ3v) is 3.13. The summed E-state index contributed by atoms with van der Waals surface area (Å²) in [5.74, 6) is 0. The molecule has 1 aromatic carbocycles. The Morgan fingerprint density at radius 2 is 1.90 bits per heavy atom. The van der Waals surface area contributed by atoms with Gasteiger partial charge in [0, 0.05) is 38.8 Å². The van der Waals surface area contributed by atoms with Crippen LogP contribution < -0.4 is 9.58 Å². The normalized spacial score (nSPS) is 10.8. The number of aromatic nitrogens is 1. The Morgan fingerprint density at radius 3 is 2.48 bits per heavy atom. The molecule has 0 saturated heterocycles. The van der Waals surface area contributed by atoms with Gasteiger partial charge in [0.15, 0.2) is 0 Å². The summed E-state index contributed by atoms with van der Waals surface area (Å²) < 4.78 is 1.50. The number of hydrogen-bond donors (Lipinski definition) is 0. The zero-order valence-corrected chi connectivity index (χ0v) is 12.2. The van der Waals surface area contributed by atoms with Crippen LogP contribution in [0, 0.1) is 17.0 Å². The average Bonchev–Trinajstić information content (AvgIpc) is 2.46. The van der Waals surface area contributed by atoms with Crippen LogP contribution >= 0.6 is 0 Å². The molecule has 21 heavy (non-hydrogen) atoms. The molecule has 1 aromatic heterocycles. The second-order valence-corrected chi connectivity index (χ2v) is 4.81. The van der Waals surface area contributed by atoms with Crippen molar-refractivity contribution >= 4 is 17.6 Å². The van der Waals surface area contributed by atoms with Crippen LogP contribution in [0.2, 0.25) is 0 Å². The molecule has 6 heteroatoms. The largest absolute Gasteiger partial charge is 0.378 e. The molecule has 0 aliphatic carbocycles. The molecule has 6 nitrogen and oxygen atoms in total. The molecule has 0 saturated carbocycles. The van der Waals surface area contributed by atoms with Crippen LogP contribution in [0.25, 0.3) is 0 Å². The van der Waals surface area contributed by atoms with Gasteiger partial charge in [-0.1, -0.05) is 12.1 Å². The van der Waals surface area contributed by atoms with Gasteiger partial charge in [0.1, 0.15) is 6.21 Å². The van der Waals surface area contributed by atoms with Gasteiger partial charge in [0.05, 0.1) is 4.92 Å². The number of pyridine rings is 1. The molecule has 0 amide bonds. The number of nitro groups is 1. The van der Waals surface area contributed by atoms with E-state index in [1.807, 2.05) is 43.3 Å². The summed E-state index contributed by atoms with van der Waals surface area (Å²) in [6, 6.07) is 11.0. The Hall–Kier alpha value is -2.76. The lowest BCUT2D eigenvalue weighted by Gasteiger charge is -2.11. The minimum absolute atomic E-state index is 0.0533. The minimum atomic E-state index is -0.409. The fourth-order valence-electron chi connectivity index (χ4n) is 1.87. The fourth-order valence-corrected chi connectivity index (χ4v) is 1.87. The van der Waals surface area contributed by atoms with Crippen LogP contribution in [-0.4, -0.2) is 25.2 Å². The van der Waals surface area contributed by atoms with Gasteiger partial charge in [-0.25, -0.2) is 0 Å². The Balaban J connectivity index is 2.25. The number of rotatable bonds is 4. The van der Waals surface area contributed by atoms with E-state index in [4.69, 9.17) is 0 Å². The SMILES string of the molecule is Cc1c([N+](=O)[O-])ccc[n+]1N=Cc1ccc(N(C)C)cc1. The van der Waals surface area contributed by atoms with Gasteiger partial charge in [-0.15, -0.1) is 0 Å². The van der Waals surface area contributed by atoms with E-state index < -0.39 is 4.92 Å². The molecule has 2 aromatic rings. The van der Waals surface area contributed by atoms with E-state index in [0.717, 1.165) is 11.3 Å². The molecule has 0 radical (unpaired) electrons. The van der Waals surface area contributed by atoms with Gasteiger partial charge in [-0.2, -0.15) is 0 Å². The van der Waals surface area contributed by atoms with Crippen molar-refractivity contribution < 1.29 is 9.60 Å². The maximum absolute atomic E-state index is 10.9. The van der Waals surface area contributed by atoms with Crippen LogP contribution in [0.4, 0.5) is 11.4 Å². The molecule has 0 bridgehead atoms. The van der Waals surface area contributed by atoms with Crippen molar-refractivity contribution in [3.8, 4) is 0 Å². The summed E-state index contributed by atoms with van der Waals surface area (Å²) in [7, 11) is 3.96. The van der Waals surface area contributed by atoms with Gasteiger partial charge in [-0.05, 0) is 27.5 Å². The molecule has 0 atom stereocenters. The highest BCUT2D eigenvalue weighted by Gasteiger charge is 2.19. The van der Waals surface area contributed by atoms with E-state index in [0.29, 0.717) is 5.69 Å². The van der Waals surface area contributed by atoms with Crippen LogP contribution in [0.15, 0.2) is 47.7 Å². The van der Waals surface area contributed by atoms with E-state index in [2.05, 4.69) is 5.10 Å². The quantitative estimate of drug-likeness (QED) is 0.374. The standard InChI is InChI=1S/C15H17N4O2/c1-12-15(19(20)21)5-4-10-18(12)16-11-13-6-8-14(9-7-13)17(2)3/h4-11H,1-3H3/q+1. The van der Waals surface area contributed by atoms with E-state index in [1.165, 1.54) is 10.7 Å². The predicted octanol–water partition coefficient (Wildman–Crippen LogP) is 2.14. The van der Waals surface area contributed by atoms with Crippen molar-refractivity contribution in [2.45, 2.75) is 6.92 Å². The van der Waals surface area contributed by atoms with Crippen molar-refractivity contribution in [3.63, 3.8) is 0 Å². The summed E-state index contributed by atoms with van der Waals surface area (Å²) >= 11 is 0. The molecule has 0 spiro atoms. The van der Waals surface area contributed by atoms with Crippen molar-refractivity contribution in [1.82, 2.24) is 0 Å². The first kappa shape index (κ1) is 14.6. The van der Waals surface area contributed by atoms with Crippen molar-refractivity contribution in [2.24, 2.45) is 5.10 Å². The van der Waals surface area contributed by atoms with Crippen LogP contribution in [0.5, 0.6) is 0 Å². The Morgan fingerprint density at radius 1 is 1.24 bits per heavy atom. The first-order valence-electron chi connectivity index (χ1n) is 6.46. The zero-order valence-electron chi connectivity index (χ0n) is 12.2. The van der Waals surface area contributed by atoms with Gasteiger partial charge < -0.3 is 4.90 Å². The van der Waals surface area contributed by atoms with E-state index >= 15 is 0 Å². The summed E-state index contributed by atoms with van der Waals surface area (Å²) in [6.45, 7) is 1.67. The summed E-state index contributed by atoms with van der Waals surface area (Å²) in [5.41, 5.74) is 2.58. The highest BCUT2D eigenvalue weighted by Crippen LogP contribution is 2.12. The van der Waals surface area contributed by atoms with Crippen LogP contribution in [0.3, 0.4) is 0 Å². The van der Waals surface area contributed by atoms with E-state index in [-0.39, 0.29) is 5.69 Å². The third kappa shape index (κ3) is 3.42. The first-order chi connectivity index (χ1) is 9.99.